The molecule has 3 N–H and O–H groups in total. The molecule has 192 valence electrons. The number of nitrogens with two attached hydrogens (primary N) is 1. The molecule has 0 unspecified atom stereocenters. The lowest BCUT2D eigenvalue weighted by Gasteiger charge is -2.29. The summed E-state index contributed by atoms with van der Waals surface area (Å²) in [7, 11) is 0. The normalized spacial score (nSPS) is 21.1. The molecule has 1 fully saturated rings. The Labute approximate surface area is 218 Å². The highest BCUT2D eigenvalue weighted by Gasteiger charge is 2.58. The first-order chi connectivity index (χ1) is 17.5. The van der Waals surface area contributed by atoms with E-state index in [2.05, 4.69) is 5.32 Å². The van der Waals surface area contributed by atoms with Crippen molar-refractivity contribution in [2.75, 3.05) is 5.32 Å². The van der Waals surface area contributed by atoms with E-state index in [1.165, 1.54) is 17.4 Å². The van der Waals surface area contributed by atoms with Crippen LogP contribution in [0.4, 0.5) is 23.7 Å². The third-order valence-corrected chi connectivity index (χ3v) is 9.45. The number of rotatable bonds is 4. The first-order valence-corrected chi connectivity index (χ1v) is 13.1. The van der Waals surface area contributed by atoms with Crippen LogP contribution in [0, 0.1) is 5.92 Å². The number of primary amides is 1. The fourth-order valence-electron chi connectivity index (χ4n) is 4.36. The molecule has 37 heavy (non-hydrogen) atoms. The summed E-state index contributed by atoms with van der Waals surface area (Å²) in [6.07, 6.45) is -4.60. The van der Waals surface area contributed by atoms with E-state index in [4.69, 9.17) is 5.73 Å². The van der Waals surface area contributed by atoms with E-state index in [9.17, 15) is 37.1 Å². The molecule has 2 aromatic heterocycles. The molecule has 15 heteroatoms. The van der Waals surface area contributed by atoms with Crippen molar-refractivity contribution in [3.63, 3.8) is 0 Å². The standard InChI is InChI=1S/C22H15F3N4O5S3/c23-22(24,25)9-3-1-4-10(7-9)27-12(30)8-28-19-16(37-21(28)34)13(11-5-2-6-35-11)14-15(36-19)18(32)29(17(14)31)20(26)33/h1-7,13-15H,8H2,(H2,26,33)(H,27,30)/t13-,14+,15-/m0/s1. The van der Waals surface area contributed by atoms with Crippen LogP contribution in [-0.4, -0.2) is 38.5 Å². The van der Waals surface area contributed by atoms with Crippen LogP contribution in [0.15, 0.2) is 51.6 Å². The summed E-state index contributed by atoms with van der Waals surface area (Å²) in [4.78, 5) is 64.5. The molecule has 0 spiro atoms. The highest BCUT2D eigenvalue weighted by Crippen LogP contribution is 2.54. The topological polar surface area (TPSA) is 132 Å². The van der Waals surface area contributed by atoms with Crippen molar-refractivity contribution < 1.29 is 32.3 Å². The Morgan fingerprint density at radius 1 is 1.08 bits per heavy atom. The first kappa shape index (κ1) is 25.2. The van der Waals surface area contributed by atoms with Crippen LogP contribution >= 0.6 is 34.4 Å². The number of benzene rings is 1. The molecular formula is C22H15F3N4O5S3. The van der Waals surface area contributed by atoms with Crippen LogP contribution in [0.3, 0.4) is 0 Å². The zero-order valence-corrected chi connectivity index (χ0v) is 20.8. The van der Waals surface area contributed by atoms with Crippen molar-refractivity contribution >= 4 is 63.9 Å². The molecule has 1 aromatic carbocycles. The van der Waals surface area contributed by atoms with E-state index in [1.807, 2.05) is 0 Å². The number of imide groups is 3. The van der Waals surface area contributed by atoms with Gasteiger partial charge in [0.15, 0.2) is 0 Å². The Hall–Kier alpha value is -3.43. The molecule has 0 aliphatic carbocycles. The van der Waals surface area contributed by atoms with Gasteiger partial charge in [0.25, 0.3) is 5.91 Å². The number of fused-ring (bicyclic) bond motifs is 2. The third-order valence-electron chi connectivity index (χ3n) is 5.89. The van der Waals surface area contributed by atoms with E-state index in [0.29, 0.717) is 14.7 Å². The van der Waals surface area contributed by atoms with Gasteiger partial charge in [0.05, 0.1) is 16.5 Å². The van der Waals surface area contributed by atoms with Gasteiger partial charge in [-0.1, -0.05) is 35.2 Å². The zero-order chi connectivity index (χ0) is 26.6. The summed E-state index contributed by atoms with van der Waals surface area (Å²) in [6.45, 7) is -0.538. The molecule has 9 nitrogen and oxygen atoms in total. The Kier molecular flexibility index (Phi) is 6.24. The largest absolute Gasteiger partial charge is 0.416 e. The van der Waals surface area contributed by atoms with Gasteiger partial charge in [-0.2, -0.15) is 18.1 Å². The zero-order valence-electron chi connectivity index (χ0n) is 18.4. The summed E-state index contributed by atoms with van der Waals surface area (Å²) in [5.74, 6) is -4.01. The second kappa shape index (κ2) is 9.15. The van der Waals surface area contributed by atoms with E-state index >= 15 is 0 Å². The van der Waals surface area contributed by atoms with Crippen LogP contribution in [-0.2, 0) is 27.1 Å². The van der Waals surface area contributed by atoms with Gasteiger partial charge in [-0.25, -0.2) is 4.79 Å². The van der Waals surface area contributed by atoms with Gasteiger partial charge < -0.3 is 11.1 Å². The van der Waals surface area contributed by atoms with Gasteiger partial charge in [0, 0.05) is 21.4 Å². The number of amides is 5. The van der Waals surface area contributed by atoms with Crippen molar-refractivity contribution in [1.82, 2.24) is 9.47 Å². The molecule has 5 amide bonds. The number of hydrogen-bond donors (Lipinski definition) is 2. The molecule has 4 heterocycles. The molecule has 0 bridgehead atoms. The highest BCUT2D eigenvalue weighted by molar-refractivity contribution is 8.00. The fourth-order valence-corrected chi connectivity index (χ4v) is 8.09. The first-order valence-electron chi connectivity index (χ1n) is 10.6. The van der Waals surface area contributed by atoms with Gasteiger partial charge in [-0.3, -0.25) is 23.7 Å². The number of thiazole rings is 1. The van der Waals surface area contributed by atoms with Gasteiger partial charge >= 0.3 is 17.1 Å². The lowest BCUT2D eigenvalue weighted by molar-refractivity contribution is -0.138. The van der Waals surface area contributed by atoms with Gasteiger partial charge in [-0.15, -0.1) is 11.3 Å². The molecule has 5 rings (SSSR count). The lowest BCUT2D eigenvalue weighted by Crippen LogP contribution is -2.41. The van der Waals surface area contributed by atoms with E-state index in [1.54, 1.807) is 17.5 Å². The van der Waals surface area contributed by atoms with Crippen molar-refractivity contribution in [2.24, 2.45) is 11.7 Å². The number of alkyl halides is 3. The molecule has 3 aromatic rings. The van der Waals surface area contributed by atoms with Gasteiger partial charge in [-0.05, 0) is 29.6 Å². The maximum atomic E-state index is 13.0. The predicted octanol–water partition coefficient (Wildman–Crippen LogP) is 3.30. The van der Waals surface area contributed by atoms with Crippen LogP contribution in [0.1, 0.15) is 21.2 Å². The van der Waals surface area contributed by atoms with Crippen molar-refractivity contribution in [1.29, 1.82) is 0 Å². The monoisotopic (exact) mass is 568 g/mol. The van der Waals surface area contributed by atoms with Gasteiger partial charge in [0.2, 0.25) is 11.8 Å². The maximum absolute atomic E-state index is 13.0. The number of thioether (sulfide) groups is 1. The lowest BCUT2D eigenvalue weighted by atomic mass is 9.87. The summed E-state index contributed by atoms with van der Waals surface area (Å²) in [5, 5.41) is 3.35. The molecule has 2 aliphatic heterocycles. The number of aromatic nitrogens is 1. The van der Waals surface area contributed by atoms with Crippen LogP contribution in [0.25, 0.3) is 0 Å². The minimum atomic E-state index is -4.60. The maximum Gasteiger partial charge on any atom is 0.416 e. The summed E-state index contributed by atoms with van der Waals surface area (Å²) in [5.41, 5.74) is 4.22. The quantitative estimate of drug-likeness (QED) is 0.465. The van der Waals surface area contributed by atoms with E-state index < -0.39 is 64.0 Å². The molecule has 0 radical (unpaired) electrons. The number of halogens is 3. The molecule has 1 saturated heterocycles. The van der Waals surface area contributed by atoms with Crippen molar-refractivity contribution in [3.05, 3.63) is 66.8 Å². The molecule has 2 aliphatic rings. The minimum absolute atomic E-state index is 0.102. The average Bonchev–Trinajstić information content (AvgIpc) is 3.51. The fraction of sp³-hybridized carbons (Fsp3) is 0.227. The van der Waals surface area contributed by atoms with Crippen molar-refractivity contribution in [2.45, 2.75) is 28.9 Å². The number of urea groups is 1. The molecule has 0 saturated carbocycles. The number of nitrogens with one attached hydrogen (secondary N) is 1. The van der Waals surface area contributed by atoms with Crippen LogP contribution in [0.2, 0.25) is 0 Å². The third kappa shape index (κ3) is 4.36. The number of carbonyl (C=O) groups is 4. The number of anilines is 1. The Balaban J connectivity index is 1.49. The summed E-state index contributed by atoms with van der Waals surface area (Å²) >= 11 is 3.00. The summed E-state index contributed by atoms with van der Waals surface area (Å²) < 4.78 is 40.1. The molecule has 3 atom stereocenters. The second-order valence-electron chi connectivity index (χ2n) is 8.16. The van der Waals surface area contributed by atoms with Crippen LogP contribution < -0.4 is 15.9 Å². The summed E-state index contributed by atoms with van der Waals surface area (Å²) in [6, 6.07) is 6.35. The highest BCUT2D eigenvalue weighted by atomic mass is 32.2. The van der Waals surface area contributed by atoms with E-state index in [0.717, 1.165) is 45.9 Å². The average molecular weight is 569 g/mol. The smallest absolute Gasteiger partial charge is 0.351 e. The number of nitrogens with zero attached hydrogens (tertiary/aromatic N) is 2. The van der Waals surface area contributed by atoms with E-state index in [-0.39, 0.29) is 10.7 Å². The van der Waals surface area contributed by atoms with Gasteiger partial charge in [0.1, 0.15) is 11.8 Å². The molecular weight excluding hydrogens is 553 g/mol. The van der Waals surface area contributed by atoms with Crippen LogP contribution in [0.5, 0.6) is 0 Å². The van der Waals surface area contributed by atoms with Crippen molar-refractivity contribution in [3.8, 4) is 0 Å². The number of carbonyl (C=O) groups excluding carboxylic acids is 4. The number of likely N-dealkylation sites (tertiary alicyclic amines) is 1. The second-order valence-corrected chi connectivity index (χ2v) is 11.3. The Morgan fingerprint density at radius 2 is 1.84 bits per heavy atom. The SMILES string of the molecule is NC(=O)N1C(=O)[C@@H]2[C@H](c3cccs3)c3sc(=O)n(CC(=O)Nc4cccc(C(F)(F)F)c4)c3S[C@@H]2C1=O. The number of thiophene rings is 1. The Bertz CT molecular complexity index is 1500. The minimum Gasteiger partial charge on any atom is -0.351 e. The predicted molar refractivity (Wildman–Crippen MR) is 129 cm³/mol. The number of hydrogen-bond acceptors (Lipinski definition) is 8. The Morgan fingerprint density at radius 3 is 2.49 bits per heavy atom.